The van der Waals surface area contributed by atoms with E-state index in [2.05, 4.69) is 44.3 Å². The van der Waals surface area contributed by atoms with Crippen molar-refractivity contribution in [2.75, 3.05) is 23.3 Å². The Morgan fingerprint density at radius 2 is 2.07 bits per heavy atom. The first-order valence-electron chi connectivity index (χ1n) is 10.7. The molecule has 3 heterocycles. The number of hydrogen-bond acceptors (Lipinski definition) is 5. The molecule has 0 aliphatic carbocycles. The van der Waals surface area contributed by atoms with Crippen LogP contribution in [0.3, 0.4) is 0 Å². The summed E-state index contributed by atoms with van der Waals surface area (Å²) < 4.78 is 0. The first kappa shape index (κ1) is 20.2. The fraction of sp³-hybridized carbons (Fsp3) is 0.435. The Hall–Kier alpha value is -3.09. The number of aromatic amines is 1. The normalized spacial score (nSPS) is 17.8. The van der Waals surface area contributed by atoms with Gasteiger partial charge in [0.2, 0.25) is 5.91 Å². The summed E-state index contributed by atoms with van der Waals surface area (Å²) in [5.41, 5.74) is 1.81. The first-order chi connectivity index (χ1) is 14.6. The summed E-state index contributed by atoms with van der Waals surface area (Å²) >= 11 is 0. The van der Waals surface area contributed by atoms with Crippen molar-refractivity contribution in [1.82, 2.24) is 20.3 Å². The summed E-state index contributed by atoms with van der Waals surface area (Å²) in [4.78, 5) is 27.3. The van der Waals surface area contributed by atoms with Gasteiger partial charge in [0.05, 0.1) is 5.39 Å². The Balaban J connectivity index is 1.44. The zero-order chi connectivity index (χ0) is 20.9. The van der Waals surface area contributed by atoms with Gasteiger partial charge < -0.3 is 20.5 Å². The Kier molecular flexibility index (Phi) is 6.16. The number of aromatic nitrogens is 3. The SMILES string of the molecule is CC(C)C[C@@H](Nc1ccccc1)C(=O)NC1CCCN(c2ncnc3[nH]ccc23)C1. The number of fused-ring (bicyclic) bond motifs is 1. The van der Waals surface area contributed by atoms with Crippen molar-refractivity contribution in [3.63, 3.8) is 0 Å². The summed E-state index contributed by atoms with van der Waals surface area (Å²) in [6.07, 6.45) is 6.26. The minimum Gasteiger partial charge on any atom is -0.374 e. The fourth-order valence-electron chi connectivity index (χ4n) is 4.14. The van der Waals surface area contributed by atoms with Gasteiger partial charge in [-0.2, -0.15) is 0 Å². The van der Waals surface area contributed by atoms with Gasteiger partial charge in [0.1, 0.15) is 23.8 Å². The average Bonchev–Trinajstić information content (AvgIpc) is 3.23. The van der Waals surface area contributed by atoms with Gasteiger partial charge in [-0.1, -0.05) is 32.0 Å². The molecule has 7 heteroatoms. The second-order valence-electron chi connectivity index (χ2n) is 8.42. The molecule has 3 N–H and O–H groups in total. The number of nitrogens with one attached hydrogen (secondary N) is 3. The van der Waals surface area contributed by atoms with Crippen LogP contribution in [0.1, 0.15) is 33.1 Å². The highest BCUT2D eigenvalue weighted by Gasteiger charge is 2.27. The Bertz CT molecular complexity index is 970. The number of rotatable bonds is 7. The van der Waals surface area contributed by atoms with Crippen molar-refractivity contribution in [2.45, 2.75) is 45.2 Å². The standard InChI is InChI=1S/C23H30N6O/c1-16(2)13-20(27-17-7-4-3-5-8-17)23(30)28-18-9-6-12-29(14-18)22-19-10-11-24-21(19)25-15-26-22/h3-5,7-8,10-11,15-16,18,20,27H,6,9,12-14H2,1-2H3,(H,28,30)(H,24,25,26)/t18?,20-/m1/s1. The number of nitrogens with zero attached hydrogens (tertiary/aromatic N) is 3. The molecule has 0 radical (unpaired) electrons. The van der Waals surface area contributed by atoms with Crippen LogP contribution in [0.2, 0.25) is 0 Å². The molecule has 158 valence electrons. The lowest BCUT2D eigenvalue weighted by atomic mass is 10.0. The van der Waals surface area contributed by atoms with E-state index in [1.54, 1.807) is 6.33 Å². The minimum atomic E-state index is -0.252. The zero-order valence-electron chi connectivity index (χ0n) is 17.6. The number of para-hydroxylation sites is 1. The number of piperidine rings is 1. The molecule has 2 aromatic heterocycles. The number of carbonyl (C=O) groups excluding carboxylic acids is 1. The van der Waals surface area contributed by atoms with Gasteiger partial charge in [-0.05, 0) is 43.4 Å². The van der Waals surface area contributed by atoms with E-state index in [4.69, 9.17) is 0 Å². The summed E-state index contributed by atoms with van der Waals surface area (Å²) in [6, 6.07) is 11.8. The quantitative estimate of drug-likeness (QED) is 0.558. The second kappa shape index (κ2) is 9.15. The van der Waals surface area contributed by atoms with Gasteiger partial charge in [-0.25, -0.2) is 9.97 Å². The maximum Gasteiger partial charge on any atom is 0.242 e. The Labute approximate surface area is 177 Å². The number of carbonyl (C=O) groups is 1. The third kappa shape index (κ3) is 4.72. The predicted octanol–water partition coefficient (Wildman–Crippen LogP) is 3.57. The minimum absolute atomic E-state index is 0.0638. The van der Waals surface area contributed by atoms with Crippen LogP contribution in [0.25, 0.3) is 11.0 Å². The van der Waals surface area contributed by atoms with Gasteiger partial charge in [0, 0.05) is 31.0 Å². The van der Waals surface area contributed by atoms with E-state index in [1.165, 1.54) is 0 Å². The number of benzene rings is 1. The van der Waals surface area contributed by atoms with Crippen molar-refractivity contribution in [3.05, 3.63) is 48.9 Å². The van der Waals surface area contributed by atoms with Crippen LogP contribution < -0.4 is 15.5 Å². The lowest BCUT2D eigenvalue weighted by Crippen LogP contribution is -2.52. The van der Waals surface area contributed by atoms with Crippen molar-refractivity contribution in [2.24, 2.45) is 5.92 Å². The van der Waals surface area contributed by atoms with Crippen molar-refractivity contribution >= 4 is 28.4 Å². The van der Waals surface area contributed by atoms with Crippen LogP contribution in [0.5, 0.6) is 0 Å². The van der Waals surface area contributed by atoms with Crippen LogP contribution in [0.4, 0.5) is 11.5 Å². The summed E-state index contributed by atoms with van der Waals surface area (Å²) in [5.74, 6) is 1.41. The molecule has 30 heavy (non-hydrogen) atoms. The van der Waals surface area contributed by atoms with E-state index in [-0.39, 0.29) is 18.0 Å². The van der Waals surface area contributed by atoms with E-state index in [0.29, 0.717) is 5.92 Å². The van der Waals surface area contributed by atoms with E-state index in [0.717, 1.165) is 54.9 Å². The molecule has 3 aromatic rings. The largest absolute Gasteiger partial charge is 0.374 e. The third-order valence-corrected chi connectivity index (χ3v) is 5.54. The molecular formula is C23H30N6O. The van der Waals surface area contributed by atoms with E-state index in [9.17, 15) is 4.79 Å². The second-order valence-corrected chi connectivity index (χ2v) is 8.42. The van der Waals surface area contributed by atoms with E-state index < -0.39 is 0 Å². The Morgan fingerprint density at radius 1 is 1.23 bits per heavy atom. The zero-order valence-corrected chi connectivity index (χ0v) is 17.6. The van der Waals surface area contributed by atoms with Crippen LogP contribution in [0, 0.1) is 5.92 Å². The van der Waals surface area contributed by atoms with Crippen LogP contribution in [0.15, 0.2) is 48.9 Å². The fourth-order valence-corrected chi connectivity index (χ4v) is 4.14. The molecule has 0 saturated carbocycles. The Morgan fingerprint density at radius 3 is 2.87 bits per heavy atom. The number of H-pyrrole nitrogens is 1. The van der Waals surface area contributed by atoms with Crippen molar-refractivity contribution in [1.29, 1.82) is 0 Å². The molecule has 1 aliphatic heterocycles. The first-order valence-corrected chi connectivity index (χ1v) is 10.7. The number of amides is 1. The summed E-state index contributed by atoms with van der Waals surface area (Å²) in [6.45, 7) is 5.98. The maximum absolute atomic E-state index is 13.1. The predicted molar refractivity (Wildman–Crippen MR) is 121 cm³/mol. The average molecular weight is 407 g/mol. The smallest absolute Gasteiger partial charge is 0.242 e. The molecule has 4 rings (SSSR count). The molecule has 1 fully saturated rings. The van der Waals surface area contributed by atoms with Gasteiger partial charge >= 0.3 is 0 Å². The van der Waals surface area contributed by atoms with Crippen LogP contribution >= 0.6 is 0 Å². The van der Waals surface area contributed by atoms with Crippen LogP contribution in [-0.4, -0.2) is 46.0 Å². The highest BCUT2D eigenvalue weighted by Crippen LogP contribution is 2.25. The highest BCUT2D eigenvalue weighted by atomic mass is 16.2. The molecule has 1 aliphatic rings. The summed E-state index contributed by atoms with van der Waals surface area (Å²) in [7, 11) is 0. The van der Waals surface area contributed by atoms with Gasteiger partial charge in [0.25, 0.3) is 0 Å². The third-order valence-electron chi connectivity index (χ3n) is 5.54. The molecule has 1 saturated heterocycles. The van der Waals surface area contributed by atoms with Gasteiger partial charge in [-0.15, -0.1) is 0 Å². The van der Waals surface area contributed by atoms with E-state index >= 15 is 0 Å². The molecular weight excluding hydrogens is 376 g/mol. The number of anilines is 2. The topological polar surface area (TPSA) is 85.9 Å². The molecule has 0 spiro atoms. The lowest BCUT2D eigenvalue weighted by molar-refractivity contribution is -0.122. The lowest BCUT2D eigenvalue weighted by Gasteiger charge is -2.35. The molecule has 1 aromatic carbocycles. The monoisotopic (exact) mass is 406 g/mol. The number of hydrogen-bond donors (Lipinski definition) is 3. The van der Waals surface area contributed by atoms with Crippen molar-refractivity contribution in [3.8, 4) is 0 Å². The highest BCUT2D eigenvalue weighted by molar-refractivity contribution is 5.87. The molecule has 1 unspecified atom stereocenters. The molecule has 0 bridgehead atoms. The maximum atomic E-state index is 13.1. The van der Waals surface area contributed by atoms with E-state index in [1.807, 2.05) is 42.6 Å². The van der Waals surface area contributed by atoms with Gasteiger partial charge in [-0.3, -0.25) is 4.79 Å². The summed E-state index contributed by atoms with van der Waals surface area (Å²) in [5, 5.41) is 7.73. The molecule has 7 nitrogen and oxygen atoms in total. The molecule has 2 atom stereocenters. The van der Waals surface area contributed by atoms with Gasteiger partial charge in [0.15, 0.2) is 0 Å². The molecule has 1 amide bonds. The van der Waals surface area contributed by atoms with Crippen molar-refractivity contribution < 1.29 is 4.79 Å². The van der Waals surface area contributed by atoms with Crippen LogP contribution in [-0.2, 0) is 4.79 Å².